The molecule has 4 aromatic rings. The van der Waals surface area contributed by atoms with Crippen molar-refractivity contribution in [1.29, 1.82) is 0 Å². The van der Waals surface area contributed by atoms with Crippen LogP contribution in [0, 0.1) is 0 Å². The molecule has 1 aliphatic heterocycles. The number of benzene rings is 2. The highest BCUT2D eigenvalue weighted by Crippen LogP contribution is 2.22. The van der Waals surface area contributed by atoms with E-state index >= 15 is 0 Å². The Hall–Kier alpha value is -3.12. The van der Waals surface area contributed by atoms with Crippen molar-refractivity contribution in [3.8, 4) is 5.69 Å². The molecule has 29 heavy (non-hydrogen) atoms. The van der Waals surface area contributed by atoms with Gasteiger partial charge in [-0.05, 0) is 55.3 Å². The van der Waals surface area contributed by atoms with Crippen LogP contribution in [0.25, 0.3) is 16.8 Å². The van der Waals surface area contributed by atoms with Gasteiger partial charge in [0.2, 0.25) is 0 Å². The van der Waals surface area contributed by atoms with E-state index in [1.807, 2.05) is 41.2 Å². The Balaban J connectivity index is 1.10. The molecule has 1 fully saturated rings. The molecule has 0 amide bonds. The van der Waals surface area contributed by atoms with Crippen molar-refractivity contribution in [2.24, 2.45) is 0 Å². The Morgan fingerprint density at radius 2 is 1.76 bits per heavy atom. The number of para-hydroxylation sites is 2. The first kappa shape index (κ1) is 17.9. The highest BCUT2D eigenvalue weighted by atomic mass is 16.3. The maximum absolute atomic E-state index is 5.80. The van der Waals surface area contributed by atoms with E-state index in [0.717, 1.165) is 61.6 Å². The highest BCUT2D eigenvalue weighted by Gasteiger charge is 2.19. The second-order valence-electron chi connectivity index (χ2n) is 7.51. The van der Waals surface area contributed by atoms with Gasteiger partial charge in [-0.15, -0.1) is 0 Å². The number of hydrogen-bond donors (Lipinski definition) is 1. The molecule has 5 rings (SSSR count). The van der Waals surface area contributed by atoms with E-state index < -0.39 is 0 Å². The van der Waals surface area contributed by atoms with Gasteiger partial charge in [0.1, 0.15) is 5.52 Å². The van der Waals surface area contributed by atoms with Gasteiger partial charge in [-0.3, -0.25) is 0 Å². The summed E-state index contributed by atoms with van der Waals surface area (Å²) in [5, 5.41) is 7.96. The fourth-order valence-electron chi connectivity index (χ4n) is 3.99. The molecule has 0 aliphatic carbocycles. The third-order valence-electron chi connectivity index (χ3n) is 5.59. The maximum Gasteiger partial charge on any atom is 0.196 e. The number of piperidine rings is 1. The van der Waals surface area contributed by atoms with E-state index in [-0.39, 0.29) is 0 Å². The molecule has 0 unspecified atom stereocenters. The molecule has 6 nitrogen and oxygen atoms in total. The summed E-state index contributed by atoms with van der Waals surface area (Å²) in [6.45, 7) is 3.04. The maximum atomic E-state index is 5.80. The monoisotopic (exact) mass is 387 g/mol. The molecule has 2 aromatic carbocycles. The summed E-state index contributed by atoms with van der Waals surface area (Å²) in [6.07, 6.45) is 6.88. The summed E-state index contributed by atoms with van der Waals surface area (Å²) in [5.74, 6) is 0.813. The molecule has 0 atom stereocenters. The van der Waals surface area contributed by atoms with E-state index in [1.165, 1.54) is 5.69 Å². The molecule has 1 N–H and O–H groups in total. The van der Waals surface area contributed by atoms with Gasteiger partial charge in [0.05, 0.1) is 5.69 Å². The molecular weight excluding hydrogens is 362 g/mol. The number of fused-ring (bicyclic) bond motifs is 1. The minimum atomic E-state index is 0.555. The Kier molecular flexibility index (Phi) is 5.01. The van der Waals surface area contributed by atoms with Gasteiger partial charge >= 0.3 is 0 Å². The van der Waals surface area contributed by atoms with Crippen molar-refractivity contribution in [2.45, 2.75) is 25.3 Å². The summed E-state index contributed by atoms with van der Waals surface area (Å²) >= 11 is 0. The third-order valence-corrected chi connectivity index (χ3v) is 5.59. The van der Waals surface area contributed by atoms with E-state index in [0.29, 0.717) is 6.04 Å². The van der Waals surface area contributed by atoms with Crippen molar-refractivity contribution in [1.82, 2.24) is 20.1 Å². The number of oxazole rings is 1. The fourth-order valence-corrected chi connectivity index (χ4v) is 3.99. The second kappa shape index (κ2) is 8.09. The highest BCUT2D eigenvalue weighted by molar-refractivity contribution is 5.72. The molecule has 2 aromatic heterocycles. The van der Waals surface area contributed by atoms with E-state index in [9.17, 15) is 0 Å². The van der Waals surface area contributed by atoms with Crippen molar-refractivity contribution in [3.63, 3.8) is 0 Å². The van der Waals surface area contributed by atoms with E-state index in [2.05, 4.69) is 44.6 Å². The zero-order valence-electron chi connectivity index (χ0n) is 16.4. The average molecular weight is 387 g/mol. The number of hydrogen-bond acceptors (Lipinski definition) is 5. The smallest absolute Gasteiger partial charge is 0.196 e. The minimum absolute atomic E-state index is 0.555. The van der Waals surface area contributed by atoms with Gasteiger partial charge in [0, 0.05) is 50.2 Å². The van der Waals surface area contributed by atoms with Crippen LogP contribution in [0.1, 0.15) is 18.7 Å². The Morgan fingerprint density at radius 1 is 0.966 bits per heavy atom. The SMILES string of the molecule is c1ccc2oc(CCNC3CCN(c4ccc(-n5cccn5)cc4)CC3)nc2c1. The lowest BCUT2D eigenvalue weighted by molar-refractivity contribution is 0.408. The van der Waals surface area contributed by atoms with Crippen LogP contribution < -0.4 is 10.2 Å². The quantitative estimate of drug-likeness (QED) is 0.545. The average Bonchev–Trinajstić information content (AvgIpc) is 3.44. The van der Waals surface area contributed by atoms with Gasteiger partial charge in [0.25, 0.3) is 0 Å². The summed E-state index contributed by atoms with van der Waals surface area (Å²) in [7, 11) is 0. The molecule has 0 radical (unpaired) electrons. The normalized spacial score (nSPS) is 15.2. The van der Waals surface area contributed by atoms with Crippen molar-refractivity contribution in [3.05, 3.63) is 72.9 Å². The predicted octanol–water partition coefficient (Wildman–Crippen LogP) is 3.81. The fraction of sp³-hybridized carbons (Fsp3) is 0.304. The molecule has 3 heterocycles. The van der Waals surface area contributed by atoms with Gasteiger partial charge in [-0.2, -0.15) is 5.10 Å². The lowest BCUT2D eigenvalue weighted by Gasteiger charge is -2.34. The predicted molar refractivity (Wildman–Crippen MR) is 115 cm³/mol. The number of nitrogens with one attached hydrogen (secondary N) is 1. The summed E-state index contributed by atoms with van der Waals surface area (Å²) in [5.41, 5.74) is 4.18. The van der Waals surface area contributed by atoms with Crippen LogP contribution in [0.15, 0.2) is 71.4 Å². The number of nitrogens with zero attached hydrogens (tertiary/aromatic N) is 4. The van der Waals surface area contributed by atoms with Crippen molar-refractivity contribution >= 4 is 16.8 Å². The lowest BCUT2D eigenvalue weighted by atomic mass is 10.0. The molecule has 148 valence electrons. The van der Waals surface area contributed by atoms with Crippen LogP contribution in [0.5, 0.6) is 0 Å². The molecule has 1 aliphatic rings. The first-order valence-corrected chi connectivity index (χ1v) is 10.3. The Morgan fingerprint density at radius 3 is 2.52 bits per heavy atom. The number of rotatable bonds is 6. The zero-order valence-corrected chi connectivity index (χ0v) is 16.4. The standard InChI is InChI=1S/C23H25N5O/c1-2-5-22-21(4-1)26-23(29-22)10-14-24-18-11-16-27(17-12-18)19-6-8-20(9-7-19)28-15-3-13-25-28/h1-9,13,15,18,24H,10-12,14,16-17H2. The second-order valence-corrected chi connectivity index (χ2v) is 7.51. The third kappa shape index (κ3) is 4.03. The molecular formula is C23H25N5O. The summed E-state index contributed by atoms with van der Waals surface area (Å²) in [4.78, 5) is 7.02. The van der Waals surface area contributed by atoms with Crippen LogP contribution >= 0.6 is 0 Å². The summed E-state index contributed by atoms with van der Waals surface area (Å²) in [6, 6.07) is 19.1. The van der Waals surface area contributed by atoms with Crippen molar-refractivity contribution < 1.29 is 4.42 Å². The Bertz CT molecular complexity index is 1010. The van der Waals surface area contributed by atoms with E-state index in [1.54, 1.807) is 6.20 Å². The summed E-state index contributed by atoms with van der Waals surface area (Å²) < 4.78 is 7.69. The van der Waals surface area contributed by atoms with Crippen LogP contribution in [0.3, 0.4) is 0 Å². The van der Waals surface area contributed by atoms with Gasteiger partial charge in [0.15, 0.2) is 11.5 Å². The zero-order chi connectivity index (χ0) is 19.5. The molecule has 6 heteroatoms. The number of anilines is 1. The Labute approximate surface area is 170 Å². The van der Waals surface area contributed by atoms with Gasteiger partial charge in [-0.25, -0.2) is 9.67 Å². The largest absolute Gasteiger partial charge is 0.441 e. The number of aromatic nitrogens is 3. The van der Waals surface area contributed by atoms with E-state index in [4.69, 9.17) is 4.42 Å². The minimum Gasteiger partial charge on any atom is -0.441 e. The van der Waals surface area contributed by atoms with Crippen LogP contribution in [0.2, 0.25) is 0 Å². The molecule has 0 bridgehead atoms. The van der Waals surface area contributed by atoms with Crippen LogP contribution in [-0.2, 0) is 6.42 Å². The molecule has 0 saturated carbocycles. The van der Waals surface area contributed by atoms with Crippen LogP contribution in [-0.4, -0.2) is 40.4 Å². The van der Waals surface area contributed by atoms with Gasteiger partial charge < -0.3 is 14.6 Å². The van der Waals surface area contributed by atoms with Crippen LogP contribution in [0.4, 0.5) is 5.69 Å². The molecule has 1 saturated heterocycles. The topological polar surface area (TPSA) is 59.1 Å². The molecule has 0 spiro atoms. The van der Waals surface area contributed by atoms with Gasteiger partial charge in [-0.1, -0.05) is 12.1 Å². The first-order valence-electron chi connectivity index (χ1n) is 10.3. The van der Waals surface area contributed by atoms with Crippen molar-refractivity contribution in [2.75, 3.05) is 24.5 Å². The lowest BCUT2D eigenvalue weighted by Crippen LogP contribution is -2.43. The first-order chi connectivity index (χ1) is 14.3.